The molecule has 0 aromatic heterocycles. The highest BCUT2D eigenvalue weighted by Crippen LogP contribution is 2.07. The first-order valence-electron chi connectivity index (χ1n) is 4.34. The van der Waals surface area contributed by atoms with Gasteiger partial charge >= 0.3 is 5.97 Å². The summed E-state index contributed by atoms with van der Waals surface area (Å²) in [6, 6.07) is 0. The zero-order valence-electron chi connectivity index (χ0n) is 8.79. The molecule has 0 aliphatic carbocycles. The molecule has 0 N–H and O–H groups in total. The maximum absolute atomic E-state index is 11.1. The van der Waals surface area contributed by atoms with Crippen molar-refractivity contribution in [2.24, 2.45) is 0 Å². The fraction of sp³-hybridized carbons (Fsp3) is 0.700. The number of carbonyl (C=O) groups is 1. The Morgan fingerprint density at radius 2 is 2.00 bits per heavy atom. The normalized spacial score (nSPS) is 12.0. The fourth-order valence-corrected chi connectivity index (χ4v) is 0.701. The molecule has 0 aliphatic rings. The Kier molecular flexibility index (Phi) is 5.39. The Labute approximate surface area is 79.7 Å². The molecule has 0 amide bonds. The minimum atomic E-state index is -0.414. The molecule has 0 fully saturated rings. The number of esters is 1. The molecule has 0 saturated heterocycles. The largest absolute Gasteiger partial charge is 0.457 e. The van der Waals surface area contributed by atoms with E-state index in [1.807, 2.05) is 20.8 Å². The summed E-state index contributed by atoms with van der Waals surface area (Å²) >= 11 is 0. The highest BCUT2D eigenvalue weighted by Gasteiger charge is 2.13. The minimum absolute atomic E-state index is 0.302. The maximum atomic E-state index is 11.1. The Bertz CT molecular complexity index is 177. The van der Waals surface area contributed by atoms with Gasteiger partial charge in [0.1, 0.15) is 5.60 Å². The first-order valence-corrected chi connectivity index (χ1v) is 4.34. The maximum Gasteiger partial charge on any atom is 0.330 e. The van der Waals surface area contributed by atoms with E-state index in [0.717, 1.165) is 6.42 Å². The molecule has 0 aromatic rings. The highest BCUT2D eigenvalue weighted by molar-refractivity contribution is 5.82. The summed E-state index contributed by atoms with van der Waals surface area (Å²) < 4.78 is 9.87. The summed E-state index contributed by atoms with van der Waals surface area (Å²) in [6.45, 7) is 6.15. The van der Waals surface area contributed by atoms with Gasteiger partial charge in [0.2, 0.25) is 0 Å². The van der Waals surface area contributed by atoms with E-state index in [2.05, 4.69) is 0 Å². The van der Waals surface area contributed by atoms with Crippen LogP contribution in [0.5, 0.6) is 0 Å². The molecule has 0 radical (unpaired) electrons. The molecule has 0 unspecified atom stereocenters. The molecule has 76 valence electrons. The van der Waals surface area contributed by atoms with Crippen molar-refractivity contribution < 1.29 is 14.3 Å². The standard InChI is InChI=1S/C10H18O3/c1-10(2,3)13-9(11)7-5-6-8-12-4/h5,7H,6,8H2,1-4H3/b7-5-. The van der Waals surface area contributed by atoms with E-state index in [-0.39, 0.29) is 5.97 Å². The van der Waals surface area contributed by atoms with E-state index >= 15 is 0 Å². The second-order valence-electron chi connectivity index (χ2n) is 3.72. The monoisotopic (exact) mass is 186 g/mol. The van der Waals surface area contributed by atoms with Gasteiger partial charge in [0, 0.05) is 19.8 Å². The summed E-state index contributed by atoms with van der Waals surface area (Å²) in [4.78, 5) is 11.1. The number of hydrogen-bond acceptors (Lipinski definition) is 3. The summed E-state index contributed by atoms with van der Waals surface area (Å²) in [7, 11) is 1.63. The van der Waals surface area contributed by atoms with Crippen molar-refractivity contribution in [2.45, 2.75) is 32.8 Å². The first-order chi connectivity index (χ1) is 5.95. The van der Waals surface area contributed by atoms with Crippen molar-refractivity contribution in [3.63, 3.8) is 0 Å². The molecule has 13 heavy (non-hydrogen) atoms. The number of hydrogen-bond donors (Lipinski definition) is 0. The Balaban J connectivity index is 3.68. The fourth-order valence-electron chi connectivity index (χ4n) is 0.701. The summed E-state index contributed by atoms with van der Waals surface area (Å²) in [5.41, 5.74) is -0.414. The Hall–Kier alpha value is -0.830. The summed E-state index contributed by atoms with van der Waals surface area (Å²) in [5, 5.41) is 0. The molecule has 0 aromatic carbocycles. The van der Waals surface area contributed by atoms with Gasteiger partial charge in [-0.15, -0.1) is 0 Å². The lowest BCUT2D eigenvalue weighted by Crippen LogP contribution is -2.22. The van der Waals surface area contributed by atoms with Gasteiger partial charge in [-0.2, -0.15) is 0 Å². The van der Waals surface area contributed by atoms with Crippen molar-refractivity contribution in [2.75, 3.05) is 13.7 Å². The third kappa shape index (κ3) is 9.08. The van der Waals surface area contributed by atoms with E-state index < -0.39 is 5.60 Å². The van der Waals surface area contributed by atoms with E-state index in [1.165, 1.54) is 6.08 Å². The number of ether oxygens (including phenoxy) is 2. The second kappa shape index (κ2) is 5.75. The van der Waals surface area contributed by atoms with Crippen LogP contribution in [-0.4, -0.2) is 25.3 Å². The van der Waals surface area contributed by atoms with E-state index in [9.17, 15) is 4.79 Å². The number of carbonyl (C=O) groups excluding carboxylic acids is 1. The average molecular weight is 186 g/mol. The van der Waals surface area contributed by atoms with Gasteiger partial charge in [-0.1, -0.05) is 6.08 Å². The van der Waals surface area contributed by atoms with Crippen LogP contribution < -0.4 is 0 Å². The average Bonchev–Trinajstić information content (AvgIpc) is 1.94. The second-order valence-corrected chi connectivity index (χ2v) is 3.72. The van der Waals surface area contributed by atoms with Crippen LogP contribution in [0, 0.1) is 0 Å². The van der Waals surface area contributed by atoms with Crippen molar-refractivity contribution >= 4 is 5.97 Å². The van der Waals surface area contributed by atoms with Crippen LogP contribution in [0.2, 0.25) is 0 Å². The van der Waals surface area contributed by atoms with Crippen molar-refractivity contribution in [1.29, 1.82) is 0 Å². The molecule has 3 heteroatoms. The predicted molar refractivity (Wildman–Crippen MR) is 51.5 cm³/mol. The van der Waals surface area contributed by atoms with Crippen LogP contribution in [0.4, 0.5) is 0 Å². The van der Waals surface area contributed by atoms with Gasteiger partial charge in [0.25, 0.3) is 0 Å². The molecule has 0 aliphatic heterocycles. The lowest BCUT2D eigenvalue weighted by Gasteiger charge is -2.17. The molecule has 0 spiro atoms. The quantitative estimate of drug-likeness (QED) is 0.382. The van der Waals surface area contributed by atoms with Crippen LogP contribution in [0.25, 0.3) is 0 Å². The molecule has 0 bridgehead atoms. The SMILES string of the molecule is COCC/C=C\C(=O)OC(C)(C)C. The van der Waals surface area contributed by atoms with Crippen LogP contribution in [-0.2, 0) is 14.3 Å². The van der Waals surface area contributed by atoms with E-state index in [0.29, 0.717) is 6.61 Å². The van der Waals surface area contributed by atoms with E-state index in [1.54, 1.807) is 13.2 Å². The van der Waals surface area contributed by atoms with Crippen LogP contribution in [0.3, 0.4) is 0 Å². The molecular weight excluding hydrogens is 168 g/mol. The molecular formula is C10H18O3. The highest BCUT2D eigenvalue weighted by atomic mass is 16.6. The van der Waals surface area contributed by atoms with Gasteiger partial charge in [-0.05, 0) is 27.2 Å². The number of rotatable bonds is 4. The molecule has 0 atom stereocenters. The zero-order chi connectivity index (χ0) is 10.3. The molecule has 3 nitrogen and oxygen atoms in total. The van der Waals surface area contributed by atoms with Crippen LogP contribution in [0.1, 0.15) is 27.2 Å². The van der Waals surface area contributed by atoms with Crippen LogP contribution in [0.15, 0.2) is 12.2 Å². The Morgan fingerprint density at radius 1 is 1.38 bits per heavy atom. The van der Waals surface area contributed by atoms with Crippen LogP contribution >= 0.6 is 0 Å². The third-order valence-corrected chi connectivity index (χ3v) is 1.15. The molecule has 0 rings (SSSR count). The van der Waals surface area contributed by atoms with Gasteiger partial charge in [-0.3, -0.25) is 0 Å². The van der Waals surface area contributed by atoms with Crippen molar-refractivity contribution in [1.82, 2.24) is 0 Å². The number of methoxy groups -OCH3 is 1. The zero-order valence-corrected chi connectivity index (χ0v) is 8.79. The minimum Gasteiger partial charge on any atom is -0.457 e. The smallest absolute Gasteiger partial charge is 0.330 e. The first kappa shape index (κ1) is 12.2. The van der Waals surface area contributed by atoms with Gasteiger partial charge in [0.05, 0.1) is 0 Å². The lowest BCUT2D eigenvalue weighted by molar-refractivity contribution is -0.148. The Morgan fingerprint density at radius 3 is 2.46 bits per heavy atom. The van der Waals surface area contributed by atoms with Crippen molar-refractivity contribution in [3.8, 4) is 0 Å². The summed E-state index contributed by atoms with van der Waals surface area (Å²) in [6.07, 6.45) is 3.91. The van der Waals surface area contributed by atoms with Gasteiger partial charge < -0.3 is 9.47 Å². The lowest BCUT2D eigenvalue weighted by atomic mass is 10.2. The third-order valence-electron chi connectivity index (χ3n) is 1.15. The predicted octanol–water partition coefficient (Wildman–Crippen LogP) is 1.92. The van der Waals surface area contributed by atoms with Gasteiger partial charge in [-0.25, -0.2) is 4.79 Å². The molecule has 0 heterocycles. The summed E-state index contributed by atoms with van der Waals surface area (Å²) in [5.74, 6) is -0.302. The van der Waals surface area contributed by atoms with E-state index in [4.69, 9.17) is 9.47 Å². The van der Waals surface area contributed by atoms with Crippen molar-refractivity contribution in [3.05, 3.63) is 12.2 Å². The molecule has 0 saturated carbocycles. The van der Waals surface area contributed by atoms with Gasteiger partial charge in [0.15, 0.2) is 0 Å². The topological polar surface area (TPSA) is 35.5 Å².